The smallest absolute Gasteiger partial charge is 0.406 e. The summed E-state index contributed by atoms with van der Waals surface area (Å²) < 4.78 is 50.9. The molecule has 0 aromatic heterocycles. The van der Waals surface area contributed by atoms with Crippen molar-refractivity contribution in [1.29, 1.82) is 0 Å². The Hall–Kier alpha value is -0.960. The van der Waals surface area contributed by atoms with Gasteiger partial charge in [0.25, 0.3) is 0 Å². The van der Waals surface area contributed by atoms with Gasteiger partial charge in [-0.2, -0.15) is 0 Å². The average Bonchev–Trinajstić information content (AvgIpc) is 1.99. The van der Waals surface area contributed by atoms with Gasteiger partial charge in [-0.15, -0.1) is 13.2 Å². The molecule has 15 heavy (non-hydrogen) atoms. The van der Waals surface area contributed by atoms with E-state index in [0.29, 0.717) is 5.30 Å². The summed E-state index contributed by atoms with van der Waals surface area (Å²) in [6, 6.07) is 5.22. The largest absolute Gasteiger partial charge is 0.573 e. The van der Waals surface area contributed by atoms with E-state index in [4.69, 9.17) is 0 Å². The summed E-state index contributed by atoms with van der Waals surface area (Å²) in [5, 5.41) is 0.365. The fourth-order valence-electron chi connectivity index (χ4n) is 1.02. The highest BCUT2D eigenvalue weighted by atomic mass is 31.2. The quantitative estimate of drug-likeness (QED) is 0.740. The van der Waals surface area contributed by atoms with E-state index in [2.05, 4.69) is 4.74 Å². The molecule has 0 saturated carbocycles. The molecule has 1 aromatic rings. The van der Waals surface area contributed by atoms with Crippen molar-refractivity contribution in [2.75, 3.05) is 13.3 Å². The van der Waals surface area contributed by atoms with E-state index in [1.54, 1.807) is 0 Å². The highest BCUT2D eigenvalue weighted by Crippen LogP contribution is 2.36. The maximum atomic E-state index is 11.9. The molecule has 84 valence electrons. The summed E-state index contributed by atoms with van der Waals surface area (Å²) in [5.41, 5.74) is 0. The Labute approximate surface area is 85.4 Å². The standard InChI is InChI=1S/C9H10F3O2P/c1-15(2,13)8-5-3-4-7(6-8)14-9(10,11)12/h3-6H,1-2H3. The second-order valence-electron chi connectivity index (χ2n) is 3.40. The third kappa shape index (κ3) is 3.96. The van der Waals surface area contributed by atoms with Crippen molar-refractivity contribution in [3.05, 3.63) is 24.3 Å². The third-order valence-electron chi connectivity index (χ3n) is 1.67. The molecule has 0 atom stereocenters. The van der Waals surface area contributed by atoms with Gasteiger partial charge in [-0.05, 0) is 25.5 Å². The summed E-state index contributed by atoms with van der Waals surface area (Å²) in [5.74, 6) is -0.344. The first-order valence-electron chi connectivity index (χ1n) is 4.10. The van der Waals surface area contributed by atoms with Gasteiger partial charge in [0.15, 0.2) is 0 Å². The minimum atomic E-state index is -4.72. The van der Waals surface area contributed by atoms with Crippen LogP contribution in [0.2, 0.25) is 0 Å². The molecular weight excluding hydrogens is 228 g/mol. The Morgan fingerprint density at radius 3 is 2.33 bits per heavy atom. The summed E-state index contributed by atoms with van der Waals surface area (Å²) in [6.07, 6.45) is -4.72. The Kier molecular flexibility index (Phi) is 3.14. The number of halogens is 3. The highest BCUT2D eigenvalue weighted by molar-refractivity contribution is 7.70. The van der Waals surface area contributed by atoms with E-state index in [0.717, 1.165) is 6.07 Å². The van der Waals surface area contributed by atoms with Crippen LogP contribution in [0.25, 0.3) is 0 Å². The second-order valence-corrected chi connectivity index (χ2v) is 6.61. The van der Waals surface area contributed by atoms with Crippen molar-refractivity contribution >= 4 is 12.4 Å². The summed E-state index contributed by atoms with van der Waals surface area (Å²) in [4.78, 5) is 0. The van der Waals surface area contributed by atoms with Crippen LogP contribution < -0.4 is 10.0 Å². The van der Waals surface area contributed by atoms with Gasteiger partial charge in [-0.1, -0.05) is 12.1 Å². The molecule has 0 spiro atoms. The van der Waals surface area contributed by atoms with Crippen LogP contribution in [-0.2, 0) is 4.57 Å². The van der Waals surface area contributed by atoms with Crippen molar-refractivity contribution in [3.8, 4) is 5.75 Å². The summed E-state index contributed by atoms with van der Waals surface area (Å²) >= 11 is 0. The molecule has 0 bridgehead atoms. The monoisotopic (exact) mass is 238 g/mol. The molecule has 6 heteroatoms. The number of alkyl halides is 3. The van der Waals surface area contributed by atoms with E-state index >= 15 is 0 Å². The zero-order chi connectivity index (χ0) is 11.7. The third-order valence-corrected chi connectivity index (χ3v) is 3.19. The molecule has 0 fully saturated rings. The van der Waals surface area contributed by atoms with Gasteiger partial charge in [-0.3, -0.25) is 0 Å². The van der Waals surface area contributed by atoms with Gasteiger partial charge in [0.05, 0.1) is 0 Å². The van der Waals surface area contributed by atoms with Crippen LogP contribution in [0.1, 0.15) is 0 Å². The molecule has 0 radical (unpaired) electrons. The van der Waals surface area contributed by atoms with E-state index in [9.17, 15) is 17.7 Å². The molecule has 0 aliphatic heterocycles. The average molecular weight is 238 g/mol. The van der Waals surface area contributed by atoms with Gasteiger partial charge in [0.2, 0.25) is 0 Å². The molecule has 0 aliphatic carbocycles. The molecule has 2 nitrogen and oxygen atoms in total. The van der Waals surface area contributed by atoms with Crippen molar-refractivity contribution < 1.29 is 22.5 Å². The molecule has 1 rings (SSSR count). The van der Waals surface area contributed by atoms with E-state index < -0.39 is 13.5 Å². The second kappa shape index (κ2) is 3.89. The number of benzene rings is 1. The van der Waals surface area contributed by atoms with Crippen molar-refractivity contribution in [2.24, 2.45) is 0 Å². The predicted molar refractivity (Wildman–Crippen MR) is 52.2 cm³/mol. The first-order valence-corrected chi connectivity index (χ1v) is 6.70. The predicted octanol–water partition coefficient (Wildman–Crippen LogP) is 2.83. The molecule has 0 unspecified atom stereocenters. The van der Waals surface area contributed by atoms with E-state index in [-0.39, 0.29) is 5.75 Å². The van der Waals surface area contributed by atoms with Gasteiger partial charge in [0, 0.05) is 5.30 Å². The number of hydrogen-bond acceptors (Lipinski definition) is 2. The molecule has 0 aliphatic rings. The first-order chi connectivity index (χ1) is 6.68. The van der Waals surface area contributed by atoms with E-state index in [1.165, 1.54) is 31.5 Å². The van der Waals surface area contributed by atoms with Crippen LogP contribution in [0.15, 0.2) is 24.3 Å². The van der Waals surface area contributed by atoms with Crippen LogP contribution in [0.5, 0.6) is 5.75 Å². The van der Waals surface area contributed by atoms with Crippen LogP contribution in [-0.4, -0.2) is 19.7 Å². The lowest BCUT2D eigenvalue weighted by molar-refractivity contribution is -0.274. The minimum absolute atomic E-state index is 0.344. The fraction of sp³-hybridized carbons (Fsp3) is 0.333. The zero-order valence-corrected chi connectivity index (χ0v) is 9.10. The van der Waals surface area contributed by atoms with Crippen LogP contribution in [0.4, 0.5) is 13.2 Å². The topological polar surface area (TPSA) is 26.3 Å². The minimum Gasteiger partial charge on any atom is -0.406 e. The van der Waals surface area contributed by atoms with Crippen molar-refractivity contribution in [1.82, 2.24) is 0 Å². The van der Waals surface area contributed by atoms with Crippen molar-refractivity contribution in [2.45, 2.75) is 6.36 Å². The number of ether oxygens (including phenoxy) is 1. The lowest BCUT2D eigenvalue weighted by Gasteiger charge is -2.11. The van der Waals surface area contributed by atoms with Crippen LogP contribution in [0, 0.1) is 0 Å². The van der Waals surface area contributed by atoms with Gasteiger partial charge in [-0.25, -0.2) is 0 Å². The molecule has 0 saturated heterocycles. The summed E-state index contributed by atoms with van der Waals surface area (Å²) in [6.45, 7) is 2.97. The SMILES string of the molecule is CP(C)(=O)c1cccc(OC(F)(F)F)c1. The molecule has 1 aromatic carbocycles. The van der Waals surface area contributed by atoms with Crippen molar-refractivity contribution in [3.63, 3.8) is 0 Å². The lowest BCUT2D eigenvalue weighted by Crippen LogP contribution is -2.18. The Morgan fingerprint density at radius 1 is 1.27 bits per heavy atom. The molecule has 0 amide bonds. The Balaban J connectivity index is 2.99. The normalized spacial score (nSPS) is 12.6. The van der Waals surface area contributed by atoms with Gasteiger partial charge >= 0.3 is 6.36 Å². The fourth-order valence-corrected chi connectivity index (χ4v) is 1.90. The number of hydrogen-bond donors (Lipinski definition) is 0. The Morgan fingerprint density at radius 2 is 1.87 bits per heavy atom. The van der Waals surface area contributed by atoms with E-state index in [1.807, 2.05) is 0 Å². The molecule has 0 N–H and O–H groups in total. The molecular formula is C9H10F3O2P. The maximum absolute atomic E-state index is 11.9. The van der Waals surface area contributed by atoms with Crippen LogP contribution >= 0.6 is 7.14 Å². The highest BCUT2D eigenvalue weighted by Gasteiger charge is 2.31. The maximum Gasteiger partial charge on any atom is 0.573 e. The van der Waals surface area contributed by atoms with Crippen LogP contribution in [0.3, 0.4) is 0 Å². The lowest BCUT2D eigenvalue weighted by atomic mass is 10.3. The Bertz CT molecular complexity index is 395. The number of rotatable bonds is 2. The van der Waals surface area contributed by atoms with Gasteiger partial charge in [0.1, 0.15) is 12.9 Å². The van der Waals surface area contributed by atoms with Gasteiger partial charge < -0.3 is 9.30 Å². The summed E-state index contributed by atoms with van der Waals surface area (Å²) in [7, 11) is -2.56. The molecule has 0 heterocycles. The zero-order valence-electron chi connectivity index (χ0n) is 8.21. The first kappa shape index (κ1) is 12.1.